The van der Waals surface area contributed by atoms with Crippen LogP contribution in [0.4, 0.5) is 14.4 Å². The van der Waals surface area contributed by atoms with Crippen LogP contribution < -0.4 is 5.32 Å². The van der Waals surface area contributed by atoms with Crippen molar-refractivity contribution in [3.05, 3.63) is 30.1 Å². The molecule has 2 aromatic rings. The van der Waals surface area contributed by atoms with Crippen molar-refractivity contribution in [2.24, 2.45) is 0 Å². The lowest BCUT2D eigenvalue weighted by Crippen LogP contribution is -2.56. The van der Waals surface area contributed by atoms with Crippen molar-refractivity contribution in [3.8, 4) is 0 Å². The van der Waals surface area contributed by atoms with E-state index in [9.17, 15) is 19.5 Å². The smallest absolute Gasteiger partial charge is 0.417 e. The highest BCUT2D eigenvalue weighted by molar-refractivity contribution is 5.87. The third-order valence-corrected chi connectivity index (χ3v) is 5.19. The Bertz CT molecular complexity index is 1060. The molecule has 1 aliphatic rings. The standard InChI is InChI=1S/C23H32N4O6/c1-21(2,3)32-18(28)25-23(11-13-26(14-12-23)20(31)33-22(4,5)6)17-24-15-9-7-8-10-16(15)27(17)19(29)30/h7-10H,11-14H2,1-6H3,(H,25,28)(H,29,30). The van der Waals surface area contributed by atoms with Gasteiger partial charge in [0.15, 0.2) is 0 Å². The van der Waals surface area contributed by atoms with Gasteiger partial charge in [-0.25, -0.2) is 23.9 Å². The van der Waals surface area contributed by atoms with E-state index in [0.29, 0.717) is 11.0 Å². The molecule has 0 radical (unpaired) electrons. The number of hydrogen-bond acceptors (Lipinski definition) is 6. The van der Waals surface area contributed by atoms with Gasteiger partial charge in [0.05, 0.1) is 11.0 Å². The predicted octanol–water partition coefficient (Wildman–Crippen LogP) is 4.31. The van der Waals surface area contributed by atoms with E-state index in [4.69, 9.17) is 9.47 Å². The second kappa shape index (κ2) is 8.57. The topological polar surface area (TPSA) is 123 Å². The summed E-state index contributed by atoms with van der Waals surface area (Å²) >= 11 is 0. The number of benzene rings is 1. The average molecular weight is 461 g/mol. The first-order valence-corrected chi connectivity index (χ1v) is 10.9. The van der Waals surface area contributed by atoms with Crippen LogP contribution in [0.5, 0.6) is 0 Å². The van der Waals surface area contributed by atoms with E-state index < -0.39 is 35.0 Å². The van der Waals surface area contributed by atoms with Crippen LogP contribution in [0.15, 0.2) is 24.3 Å². The zero-order valence-electron chi connectivity index (χ0n) is 20.0. The number of ether oxygens (including phenoxy) is 2. The minimum atomic E-state index is -1.21. The Labute approximate surface area is 192 Å². The molecule has 1 saturated heterocycles. The van der Waals surface area contributed by atoms with Gasteiger partial charge in [-0.05, 0) is 66.5 Å². The van der Waals surface area contributed by atoms with Crippen LogP contribution in [0, 0.1) is 0 Å². The molecule has 1 aromatic carbocycles. The lowest BCUT2D eigenvalue weighted by atomic mass is 9.86. The zero-order valence-corrected chi connectivity index (χ0v) is 20.0. The third kappa shape index (κ3) is 5.55. The molecule has 3 rings (SSSR count). The number of imidazole rings is 1. The Kier molecular flexibility index (Phi) is 6.32. The van der Waals surface area contributed by atoms with Gasteiger partial charge >= 0.3 is 18.3 Å². The van der Waals surface area contributed by atoms with E-state index in [1.54, 1.807) is 70.7 Å². The summed E-state index contributed by atoms with van der Waals surface area (Å²) < 4.78 is 12.0. The quantitative estimate of drug-likeness (QED) is 0.684. The molecule has 2 amide bonds. The molecule has 0 saturated carbocycles. The molecule has 33 heavy (non-hydrogen) atoms. The Morgan fingerprint density at radius 2 is 1.58 bits per heavy atom. The molecule has 10 nitrogen and oxygen atoms in total. The Morgan fingerprint density at radius 3 is 2.12 bits per heavy atom. The highest BCUT2D eigenvalue weighted by atomic mass is 16.6. The van der Waals surface area contributed by atoms with Crippen molar-refractivity contribution in [3.63, 3.8) is 0 Å². The summed E-state index contributed by atoms with van der Waals surface area (Å²) in [5.41, 5.74) is -1.62. The first-order chi connectivity index (χ1) is 15.2. The summed E-state index contributed by atoms with van der Waals surface area (Å²) in [7, 11) is 0. The summed E-state index contributed by atoms with van der Waals surface area (Å²) in [4.78, 5) is 43.7. The second-order valence-corrected chi connectivity index (χ2v) is 10.2. The number of carboxylic acid groups (broad SMARTS) is 1. The number of alkyl carbamates (subject to hydrolysis) is 1. The van der Waals surface area contributed by atoms with Gasteiger partial charge in [0.2, 0.25) is 0 Å². The van der Waals surface area contributed by atoms with Gasteiger partial charge in [0, 0.05) is 13.1 Å². The summed E-state index contributed by atoms with van der Waals surface area (Å²) in [6, 6.07) is 6.88. The van der Waals surface area contributed by atoms with Gasteiger partial charge in [-0.3, -0.25) is 0 Å². The van der Waals surface area contributed by atoms with E-state index in [0.717, 1.165) is 4.57 Å². The maximum Gasteiger partial charge on any atom is 0.417 e. The number of rotatable bonds is 2. The fourth-order valence-electron chi connectivity index (χ4n) is 3.84. The molecule has 1 aromatic heterocycles. The van der Waals surface area contributed by atoms with Crippen LogP contribution in [-0.4, -0.2) is 62.1 Å². The molecule has 0 atom stereocenters. The van der Waals surface area contributed by atoms with E-state index in [2.05, 4.69) is 10.3 Å². The minimum Gasteiger partial charge on any atom is -0.464 e. The molecular formula is C23H32N4O6. The van der Waals surface area contributed by atoms with Crippen molar-refractivity contribution in [1.29, 1.82) is 0 Å². The van der Waals surface area contributed by atoms with E-state index >= 15 is 0 Å². The van der Waals surface area contributed by atoms with Gasteiger partial charge in [-0.15, -0.1) is 0 Å². The molecule has 2 heterocycles. The molecule has 0 unspecified atom stereocenters. The first kappa shape index (κ1) is 24.3. The van der Waals surface area contributed by atoms with Crippen LogP contribution in [0.3, 0.4) is 0 Å². The fourth-order valence-corrected chi connectivity index (χ4v) is 3.84. The van der Waals surface area contributed by atoms with Crippen LogP contribution in [-0.2, 0) is 15.0 Å². The van der Waals surface area contributed by atoms with E-state index in [1.165, 1.54) is 0 Å². The van der Waals surface area contributed by atoms with Crippen LogP contribution in [0.1, 0.15) is 60.2 Å². The molecule has 1 fully saturated rings. The molecular weight excluding hydrogens is 428 g/mol. The SMILES string of the molecule is CC(C)(C)OC(=O)NC1(c2nc3ccccc3n2C(=O)O)CCN(C(=O)OC(C)(C)C)CC1. The number of likely N-dealkylation sites (tertiary alicyclic amines) is 1. The van der Waals surface area contributed by atoms with Gasteiger partial charge in [0.25, 0.3) is 0 Å². The lowest BCUT2D eigenvalue weighted by molar-refractivity contribution is 0.0103. The van der Waals surface area contributed by atoms with Crippen molar-refractivity contribution < 1.29 is 29.0 Å². The number of carbonyl (C=O) groups is 3. The number of fused-ring (bicyclic) bond motifs is 1. The number of amides is 2. The van der Waals surface area contributed by atoms with E-state index in [-0.39, 0.29) is 31.8 Å². The molecule has 2 N–H and O–H groups in total. The monoisotopic (exact) mass is 460 g/mol. The summed E-state index contributed by atoms with van der Waals surface area (Å²) in [5.74, 6) is 0.186. The number of nitrogens with zero attached hydrogens (tertiary/aromatic N) is 3. The van der Waals surface area contributed by atoms with Crippen molar-refractivity contribution in [2.45, 2.75) is 71.1 Å². The highest BCUT2D eigenvalue weighted by Crippen LogP contribution is 2.35. The number of hydrogen-bond donors (Lipinski definition) is 2. The maximum absolute atomic E-state index is 12.8. The Hall–Kier alpha value is -3.30. The summed E-state index contributed by atoms with van der Waals surface area (Å²) in [5, 5.41) is 12.9. The number of aromatic nitrogens is 2. The van der Waals surface area contributed by atoms with Crippen LogP contribution in [0.2, 0.25) is 0 Å². The molecule has 0 bridgehead atoms. The molecule has 0 aliphatic carbocycles. The lowest BCUT2D eigenvalue weighted by Gasteiger charge is -2.41. The highest BCUT2D eigenvalue weighted by Gasteiger charge is 2.45. The number of carbonyl (C=O) groups excluding carboxylic acids is 2. The van der Waals surface area contributed by atoms with Gasteiger partial charge in [0.1, 0.15) is 22.6 Å². The Balaban J connectivity index is 2.00. The Morgan fingerprint density at radius 1 is 1.00 bits per heavy atom. The van der Waals surface area contributed by atoms with Gasteiger partial charge < -0.3 is 24.8 Å². The first-order valence-electron chi connectivity index (χ1n) is 10.9. The summed E-state index contributed by atoms with van der Waals surface area (Å²) in [6.45, 7) is 11.1. The second-order valence-electron chi connectivity index (χ2n) is 10.2. The molecule has 10 heteroatoms. The zero-order chi connectivity index (χ0) is 24.6. The number of nitrogens with one attached hydrogen (secondary N) is 1. The number of piperidine rings is 1. The third-order valence-electron chi connectivity index (χ3n) is 5.19. The largest absolute Gasteiger partial charge is 0.464 e. The minimum absolute atomic E-state index is 0.186. The van der Waals surface area contributed by atoms with Crippen molar-refractivity contribution >= 4 is 29.3 Å². The molecule has 180 valence electrons. The van der Waals surface area contributed by atoms with Crippen molar-refractivity contribution in [1.82, 2.24) is 19.8 Å². The normalized spacial score (nSPS) is 16.4. The van der Waals surface area contributed by atoms with Crippen LogP contribution >= 0.6 is 0 Å². The predicted molar refractivity (Wildman–Crippen MR) is 121 cm³/mol. The molecule has 1 aliphatic heterocycles. The van der Waals surface area contributed by atoms with Gasteiger partial charge in [-0.2, -0.15) is 0 Å². The van der Waals surface area contributed by atoms with Crippen molar-refractivity contribution in [2.75, 3.05) is 13.1 Å². The fraction of sp³-hybridized carbons (Fsp3) is 0.565. The van der Waals surface area contributed by atoms with Gasteiger partial charge in [-0.1, -0.05) is 12.1 Å². The number of para-hydroxylation sites is 2. The molecule has 0 spiro atoms. The summed E-state index contributed by atoms with van der Waals surface area (Å²) in [6.07, 6.45) is -1.87. The van der Waals surface area contributed by atoms with Crippen LogP contribution in [0.25, 0.3) is 11.0 Å². The average Bonchev–Trinajstić information content (AvgIpc) is 3.06. The maximum atomic E-state index is 12.8. The van der Waals surface area contributed by atoms with E-state index in [1.807, 2.05) is 0 Å².